The van der Waals surface area contributed by atoms with Gasteiger partial charge in [0.1, 0.15) is 11.6 Å². The van der Waals surface area contributed by atoms with Gasteiger partial charge in [-0.15, -0.1) is 0 Å². The fourth-order valence-electron chi connectivity index (χ4n) is 4.74. The molecule has 1 unspecified atom stereocenters. The van der Waals surface area contributed by atoms with Crippen molar-refractivity contribution in [1.29, 1.82) is 0 Å². The van der Waals surface area contributed by atoms with E-state index in [1.54, 1.807) is 24.3 Å². The van der Waals surface area contributed by atoms with Gasteiger partial charge in [-0.25, -0.2) is 4.39 Å². The molecule has 1 saturated heterocycles. The Labute approximate surface area is 218 Å². The maximum atomic E-state index is 14.2. The number of fused-ring (bicyclic) bond motifs is 1. The summed E-state index contributed by atoms with van der Waals surface area (Å²) < 4.78 is 67.3. The quantitative estimate of drug-likeness (QED) is 0.303. The summed E-state index contributed by atoms with van der Waals surface area (Å²) in [5, 5.41) is 11.5. The van der Waals surface area contributed by atoms with E-state index >= 15 is 0 Å². The summed E-state index contributed by atoms with van der Waals surface area (Å²) in [7, 11) is 1.35. The normalized spacial score (nSPS) is 17.2. The third-order valence-corrected chi connectivity index (χ3v) is 6.77. The number of aliphatic imine (C=N–C) groups is 1. The summed E-state index contributed by atoms with van der Waals surface area (Å²) >= 11 is 0. The highest BCUT2D eigenvalue weighted by molar-refractivity contribution is 5.92. The lowest BCUT2D eigenvalue weighted by Gasteiger charge is -2.36. The number of alkyl halides is 3. The van der Waals surface area contributed by atoms with Crippen LogP contribution in [0.1, 0.15) is 31.5 Å². The largest absolute Gasteiger partial charge is 0.496 e. The van der Waals surface area contributed by atoms with Crippen molar-refractivity contribution in [1.82, 2.24) is 9.88 Å². The molecule has 3 aromatic rings. The van der Waals surface area contributed by atoms with Crippen LogP contribution in [0.25, 0.3) is 10.9 Å². The third-order valence-electron chi connectivity index (χ3n) is 6.77. The Hall–Kier alpha value is -3.08. The second-order valence-corrected chi connectivity index (χ2v) is 10.1. The molecule has 0 amide bonds. The average Bonchev–Trinajstić information content (AvgIpc) is 2.87. The third kappa shape index (κ3) is 6.14. The van der Waals surface area contributed by atoms with Gasteiger partial charge in [0.25, 0.3) is 0 Å². The number of halogens is 4. The highest BCUT2D eigenvalue weighted by Crippen LogP contribution is 2.43. The molecule has 38 heavy (non-hydrogen) atoms. The maximum Gasteiger partial charge on any atom is 0.422 e. The molecular weight excluding hydrogens is 502 g/mol. The van der Waals surface area contributed by atoms with Crippen molar-refractivity contribution in [3.05, 3.63) is 65.6 Å². The molecule has 0 radical (unpaired) electrons. The molecule has 0 bridgehead atoms. The Bertz CT molecular complexity index is 1310. The summed E-state index contributed by atoms with van der Waals surface area (Å²) in [5.41, 5.74) is -2.74. The van der Waals surface area contributed by atoms with Crippen molar-refractivity contribution < 1.29 is 32.1 Å². The Kier molecular flexibility index (Phi) is 8.06. The van der Waals surface area contributed by atoms with Crippen LogP contribution in [0, 0.1) is 5.82 Å². The highest BCUT2D eigenvalue weighted by atomic mass is 19.4. The van der Waals surface area contributed by atoms with Crippen LogP contribution >= 0.6 is 0 Å². The van der Waals surface area contributed by atoms with Gasteiger partial charge in [-0.05, 0) is 54.3 Å². The van der Waals surface area contributed by atoms with E-state index < -0.39 is 29.4 Å². The van der Waals surface area contributed by atoms with Crippen molar-refractivity contribution in [3.63, 3.8) is 0 Å². The molecule has 0 aliphatic carbocycles. The monoisotopic (exact) mass is 533 g/mol. The van der Waals surface area contributed by atoms with Crippen LogP contribution in [-0.2, 0) is 16.7 Å². The van der Waals surface area contributed by atoms with E-state index in [0.717, 1.165) is 30.9 Å². The van der Waals surface area contributed by atoms with E-state index in [0.29, 0.717) is 36.9 Å². The van der Waals surface area contributed by atoms with E-state index in [-0.39, 0.29) is 17.0 Å². The fourth-order valence-corrected chi connectivity index (χ4v) is 4.74. The van der Waals surface area contributed by atoms with E-state index in [1.165, 1.54) is 27.0 Å². The number of benzene rings is 2. The van der Waals surface area contributed by atoms with Gasteiger partial charge in [0.2, 0.25) is 0 Å². The molecule has 1 aliphatic heterocycles. The zero-order valence-electron chi connectivity index (χ0n) is 21.6. The van der Waals surface area contributed by atoms with E-state index in [2.05, 4.69) is 14.9 Å². The van der Waals surface area contributed by atoms with Crippen LogP contribution in [0.5, 0.6) is 5.75 Å². The number of pyridine rings is 1. The van der Waals surface area contributed by atoms with Gasteiger partial charge in [-0.3, -0.25) is 14.9 Å². The number of aromatic nitrogens is 1. The number of rotatable bonds is 8. The molecule has 6 nitrogen and oxygen atoms in total. The smallest absolute Gasteiger partial charge is 0.422 e. The van der Waals surface area contributed by atoms with E-state index in [1.807, 2.05) is 6.07 Å². The SMILES string of the molecule is COc1ccc(F)cc1C(C)(C)CC(O)(C=Nc1cccc2nc(CN3CCOCC3)ccc12)C(F)(F)F. The zero-order chi connectivity index (χ0) is 27.6. The average molecular weight is 534 g/mol. The molecule has 1 atom stereocenters. The standard InChI is InChI=1S/C28H31F4N3O3/c1-26(2,22-15-19(29)7-10-25(22)37-3)17-27(36,28(30,31)32)18-33-23-5-4-6-24-21(23)9-8-20(34-24)16-35-11-13-38-14-12-35/h4-10,15,18,36H,11-14,16-17H2,1-3H3. The predicted octanol–water partition coefficient (Wildman–Crippen LogP) is 5.58. The Morgan fingerprint density at radius 1 is 1.11 bits per heavy atom. The Balaban J connectivity index is 1.64. The second-order valence-electron chi connectivity index (χ2n) is 10.1. The topological polar surface area (TPSA) is 67.2 Å². The molecule has 0 saturated carbocycles. The maximum absolute atomic E-state index is 14.2. The number of morpholine rings is 1. The van der Waals surface area contributed by atoms with Crippen LogP contribution < -0.4 is 4.74 Å². The Morgan fingerprint density at radius 3 is 2.53 bits per heavy atom. The molecular formula is C28H31F4N3O3. The summed E-state index contributed by atoms with van der Waals surface area (Å²) in [6.07, 6.45) is -5.32. The van der Waals surface area contributed by atoms with Gasteiger partial charge >= 0.3 is 6.18 Å². The number of hydrogen-bond acceptors (Lipinski definition) is 6. The minimum Gasteiger partial charge on any atom is -0.496 e. The number of aliphatic hydroxyl groups is 1. The Morgan fingerprint density at radius 2 is 1.84 bits per heavy atom. The lowest BCUT2D eigenvalue weighted by Crippen LogP contribution is -2.50. The summed E-state index contributed by atoms with van der Waals surface area (Å²) in [5.74, 6) is -0.389. The van der Waals surface area contributed by atoms with E-state index in [9.17, 15) is 22.7 Å². The number of nitrogens with zero attached hydrogens (tertiary/aromatic N) is 3. The molecule has 0 spiro atoms. The molecule has 1 aliphatic rings. The van der Waals surface area contributed by atoms with Crippen LogP contribution in [0.4, 0.5) is 23.2 Å². The van der Waals surface area contributed by atoms with Crippen molar-refractivity contribution >= 4 is 22.8 Å². The van der Waals surface area contributed by atoms with Crippen molar-refractivity contribution in [2.45, 2.75) is 44.0 Å². The van der Waals surface area contributed by atoms with Crippen LogP contribution in [-0.4, -0.2) is 66.4 Å². The minimum atomic E-state index is -5.04. The number of ether oxygens (including phenoxy) is 2. The zero-order valence-corrected chi connectivity index (χ0v) is 21.6. The van der Waals surface area contributed by atoms with Crippen molar-refractivity contribution in [2.24, 2.45) is 4.99 Å². The molecule has 1 N–H and O–H groups in total. The lowest BCUT2D eigenvalue weighted by atomic mass is 9.74. The molecule has 10 heteroatoms. The van der Waals surface area contributed by atoms with Gasteiger partial charge in [-0.2, -0.15) is 13.2 Å². The molecule has 1 fully saturated rings. The van der Waals surface area contributed by atoms with Gasteiger partial charge in [-0.1, -0.05) is 19.9 Å². The van der Waals surface area contributed by atoms with Gasteiger partial charge in [0.05, 0.1) is 37.2 Å². The van der Waals surface area contributed by atoms with Crippen LogP contribution in [0.2, 0.25) is 0 Å². The summed E-state index contributed by atoms with van der Waals surface area (Å²) in [6.45, 7) is 6.56. The number of methoxy groups -OCH3 is 1. The molecule has 1 aromatic heterocycles. The highest BCUT2D eigenvalue weighted by Gasteiger charge is 2.55. The molecule has 2 heterocycles. The minimum absolute atomic E-state index is 0.207. The number of hydrogen-bond donors (Lipinski definition) is 1. The van der Waals surface area contributed by atoms with Crippen LogP contribution in [0.3, 0.4) is 0 Å². The lowest BCUT2D eigenvalue weighted by molar-refractivity contribution is -0.234. The first-order chi connectivity index (χ1) is 17.9. The molecule has 204 valence electrons. The van der Waals surface area contributed by atoms with Gasteiger partial charge in [0.15, 0.2) is 5.60 Å². The first kappa shape index (κ1) is 27.9. The first-order valence-corrected chi connectivity index (χ1v) is 12.3. The second kappa shape index (κ2) is 11.0. The molecule has 2 aromatic carbocycles. The predicted molar refractivity (Wildman–Crippen MR) is 138 cm³/mol. The summed E-state index contributed by atoms with van der Waals surface area (Å²) in [4.78, 5) is 11.0. The van der Waals surface area contributed by atoms with Crippen molar-refractivity contribution in [2.75, 3.05) is 33.4 Å². The molecule has 4 rings (SSSR count). The van der Waals surface area contributed by atoms with Gasteiger partial charge < -0.3 is 14.6 Å². The van der Waals surface area contributed by atoms with Gasteiger partial charge in [0, 0.05) is 36.8 Å². The van der Waals surface area contributed by atoms with Crippen LogP contribution in [0.15, 0.2) is 53.5 Å². The van der Waals surface area contributed by atoms with Crippen molar-refractivity contribution in [3.8, 4) is 5.75 Å². The first-order valence-electron chi connectivity index (χ1n) is 12.3. The summed E-state index contributed by atoms with van der Waals surface area (Å²) in [6, 6.07) is 12.2. The fraction of sp³-hybridized carbons (Fsp3) is 0.429. The van der Waals surface area contributed by atoms with E-state index in [4.69, 9.17) is 9.47 Å².